The molecule has 1 aliphatic heterocycles. The number of rotatable bonds is 5. The number of fused-ring (bicyclic) bond motifs is 2. The van der Waals surface area contributed by atoms with Crippen LogP contribution in [0.5, 0.6) is 0 Å². The van der Waals surface area contributed by atoms with Gasteiger partial charge in [0.15, 0.2) is 4.96 Å². The van der Waals surface area contributed by atoms with Crippen molar-refractivity contribution in [3.63, 3.8) is 0 Å². The largest absolute Gasteiger partial charge is 0.467 e. The first kappa shape index (κ1) is 18.0. The molecular formula is C20H16N4O3S2. The molecule has 0 bridgehead atoms. The Balaban J connectivity index is 1.40. The average molecular weight is 425 g/mol. The molecule has 4 aromatic rings. The van der Waals surface area contributed by atoms with Crippen LogP contribution in [-0.4, -0.2) is 27.0 Å². The summed E-state index contributed by atoms with van der Waals surface area (Å²) < 4.78 is 7.19. The lowest BCUT2D eigenvalue weighted by Crippen LogP contribution is -2.35. The first-order valence-corrected chi connectivity index (χ1v) is 10.8. The topological polar surface area (TPSA) is 79.8 Å². The second-order valence-corrected chi connectivity index (χ2v) is 8.43. The van der Waals surface area contributed by atoms with Crippen molar-refractivity contribution in [2.24, 2.45) is 0 Å². The number of anilines is 1. The maximum absolute atomic E-state index is 12.6. The van der Waals surface area contributed by atoms with Crippen LogP contribution in [0.4, 0.5) is 5.69 Å². The zero-order valence-corrected chi connectivity index (χ0v) is 16.8. The van der Waals surface area contributed by atoms with E-state index in [1.807, 2.05) is 28.2 Å². The highest BCUT2D eigenvalue weighted by Gasteiger charge is 2.26. The average Bonchev–Trinajstić information content (AvgIpc) is 3.46. The van der Waals surface area contributed by atoms with E-state index in [1.165, 1.54) is 11.8 Å². The van der Waals surface area contributed by atoms with Gasteiger partial charge in [-0.3, -0.25) is 14.0 Å². The van der Waals surface area contributed by atoms with Crippen LogP contribution >= 0.6 is 23.1 Å². The molecule has 5 rings (SSSR count). The number of nitrogens with one attached hydrogen (secondary N) is 1. The second-order valence-electron chi connectivity index (χ2n) is 6.54. The Morgan fingerprint density at radius 3 is 3.07 bits per heavy atom. The number of hydrogen-bond donors (Lipinski definition) is 1. The molecule has 3 aromatic heterocycles. The summed E-state index contributed by atoms with van der Waals surface area (Å²) in [5.74, 6) is 0.851. The van der Waals surface area contributed by atoms with Crippen molar-refractivity contribution in [3.8, 4) is 0 Å². The first-order chi connectivity index (χ1) is 14.2. The minimum Gasteiger partial charge on any atom is -0.467 e. The summed E-state index contributed by atoms with van der Waals surface area (Å²) >= 11 is 3.04. The molecule has 1 N–H and O–H groups in total. The van der Waals surface area contributed by atoms with Crippen LogP contribution in [0.15, 0.2) is 63.7 Å². The van der Waals surface area contributed by atoms with Crippen LogP contribution in [0.3, 0.4) is 0 Å². The molecule has 0 spiro atoms. The standard InChI is InChI=1S/C20H16N4O3S2/c25-18-12-29-17-4-3-13(19(26)21-9-15-2-1-6-27-15)8-16(17)24(18)11-14-10-23-5-7-28-20(23)22-14/h1-8,10H,9,11-12H2,(H,21,26). The summed E-state index contributed by atoms with van der Waals surface area (Å²) in [7, 11) is 0. The third-order valence-electron chi connectivity index (χ3n) is 4.63. The number of furan rings is 1. The Kier molecular flexibility index (Phi) is 4.61. The highest BCUT2D eigenvalue weighted by molar-refractivity contribution is 8.00. The van der Waals surface area contributed by atoms with Crippen LogP contribution in [0.25, 0.3) is 4.96 Å². The van der Waals surface area contributed by atoms with Gasteiger partial charge in [-0.2, -0.15) is 0 Å². The van der Waals surface area contributed by atoms with E-state index in [9.17, 15) is 9.59 Å². The highest BCUT2D eigenvalue weighted by atomic mass is 32.2. The van der Waals surface area contributed by atoms with Gasteiger partial charge in [-0.05, 0) is 30.3 Å². The van der Waals surface area contributed by atoms with Crippen LogP contribution in [0.1, 0.15) is 21.8 Å². The summed E-state index contributed by atoms with van der Waals surface area (Å²) in [5.41, 5.74) is 2.06. The zero-order chi connectivity index (χ0) is 19.8. The first-order valence-electron chi connectivity index (χ1n) is 8.96. The van der Waals surface area contributed by atoms with Crippen LogP contribution in [0.2, 0.25) is 0 Å². The minimum absolute atomic E-state index is 0.00648. The fourth-order valence-electron chi connectivity index (χ4n) is 3.21. The molecule has 0 saturated carbocycles. The van der Waals surface area contributed by atoms with Crippen LogP contribution in [-0.2, 0) is 17.9 Å². The fraction of sp³-hybridized carbons (Fsp3) is 0.150. The normalized spacial score (nSPS) is 13.7. The maximum atomic E-state index is 12.6. The van der Waals surface area contributed by atoms with E-state index >= 15 is 0 Å². The van der Waals surface area contributed by atoms with E-state index in [2.05, 4.69) is 10.3 Å². The molecule has 0 radical (unpaired) electrons. The summed E-state index contributed by atoms with van der Waals surface area (Å²) in [4.78, 5) is 33.4. The van der Waals surface area contributed by atoms with Gasteiger partial charge >= 0.3 is 0 Å². The van der Waals surface area contributed by atoms with E-state index in [4.69, 9.17) is 4.42 Å². The van der Waals surface area contributed by atoms with E-state index < -0.39 is 0 Å². The fourth-order valence-corrected chi connectivity index (χ4v) is 4.85. The van der Waals surface area contributed by atoms with E-state index in [-0.39, 0.29) is 11.8 Å². The summed E-state index contributed by atoms with van der Waals surface area (Å²) in [6.07, 6.45) is 5.45. The number of thioether (sulfide) groups is 1. The number of nitrogens with zero attached hydrogens (tertiary/aromatic N) is 3. The van der Waals surface area contributed by atoms with E-state index in [0.717, 1.165) is 21.2 Å². The Labute approximate surface area is 174 Å². The monoisotopic (exact) mass is 424 g/mol. The maximum Gasteiger partial charge on any atom is 0.251 e. The molecule has 7 nitrogen and oxygen atoms in total. The van der Waals surface area contributed by atoms with Crippen molar-refractivity contribution in [2.75, 3.05) is 10.7 Å². The van der Waals surface area contributed by atoms with Gasteiger partial charge in [0.25, 0.3) is 5.91 Å². The molecule has 0 saturated heterocycles. The molecule has 2 amide bonds. The summed E-state index contributed by atoms with van der Waals surface area (Å²) in [5, 5.41) is 4.81. The zero-order valence-electron chi connectivity index (χ0n) is 15.2. The second kappa shape index (κ2) is 7.41. The molecule has 9 heteroatoms. The number of hydrogen-bond acceptors (Lipinski definition) is 6. The SMILES string of the molecule is O=C(NCc1ccco1)c1ccc2c(c1)N(Cc1cn3ccsc3n1)C(=O)CS2. The Morgan fingerprint density at radius 1 is 1.31 bits per heavy atom. The van der Waals surface area contributed by atoms with Gasteiger partial charge in [-0.1, -0.05) is 0 Å². The lowest BCUT2D eigenvalue weighted by Gasteiger charge is -2.28. The molecule has 0 fully saturated rings. The van der Waals surface area contributed by atoms with E-state index in [1.54, 1.807) is 46.8 Å². The van der Waals surface area contributed by atoms with Gasteiger partial charge in [0, 0.05) is 28.2 Å². The molecule has 1 aromatic carbocycles. The lowest BCUT2D eigenvalue weighted by atomic mass is 10.1. The Bertz CT molecular complexity index is 1170. The molecular weight excluding hydrogens is 408 g/mol. The third kappa shape index (κ3) is 3.54. The number of amides is 2. The van der Waals surface area contributed by atoms with Gasteiger partial charge in [0.1, 0.15) is 5.76 Å². The molecule has 0 unspecified atom stereocenters. The van der Waals surface area contributed by atoms with Crippen molar-refractivity contribution < 1.29 is 14.0 Å². The number of thiazole rings is 1. The molecule has 1 aliphatic rings. The number of benzene rings is 1. The molecule has 0 atom stereocenters. The molecule has 29 heavy (non-hydrogen) atoms. The molecule has 4 heterocycles. The van der Waals surface area contributed by atoms with Crippen LogP contribution < -0.4 is 10.2 Å². The van der Waals surface area contributed by atoms with Gasteiger partial charge in [0.05, 0.1) is 36.5 Å². The van der Waals surface area contributed by atoms with E-state index in [0.29, 0.717) is 30.2 Å². The number of carbonyl (C=O) groups is 2. The van der Waals surface area contributed by atoms with Gasteiger partial charge in [0.2, 0.25) is 5.91 Å². The van der Waals surface area contributed by atoms with Crippen molar-refractivity contribution in [3.05, 3.63) is 71.4 Å². The van der Waals surface area contributed by atoms with Gasteiger partial charge in [-0.15, -0.1) is 23.1 Å². The Morgan fingerprint density at radius 2 is 2.24 bits per heavy atom. The summed E-state index contributed by atoms with van der Waals surface area (Å²) in [6.45, 7) is 0.684. The minimum atomic E-state index is -0.213. The number of carbonyl (C=O) groups excluding carboxylic acids is 2. The van der Waals surface area contributed by atoms with Gasteiger partial charge < -0.3 is 14.6 Å². The smallest absolute Gasteiger partial charge is 0.251 e. The van der Waals surface area contributed by atoms with Crippen molar-refractivity contribution in [2.45, 2.75) is 18.0 Å². The summed E-state index contributed by atoms with van der Waals surface area (Å²) in [6, 6.07) is 9.03. The van der Waals surface area contributed by atoms with Crippen LogP contribution in [0, 0.1) is 0 Å². The van der Waals surface area contributed by atoms with Crippen molar-refractivity contribution in [1.29, 1.82) is 0 Å². The Hall–Kier alpha value is -3.04. The van der Waals surface area contributed by atoms with Gasteiger partial charge in [-0.25, -0.2) is 4.98 Å². The molecule has 0 aliphatic carbocycles. The predicted molar refractivity (Wildman–Crippen MR) is 111 cm³/mol. The number of aromatic nitrogens is 2. The van der Waals surface area contributed by atoms with Crippen molar-refractivity contribution >= 4 is 45.6 Å². The number of imidazole rings is 1. The third-order valence-corrected chi connectivity index (χ3v) is 6.45. The molecule has 146 valence electrons. The highest BCUT2D eigenvalue weighted by Crippen LogP contribution is 2.37. The lowest BCUT2D eigenvalue weighted by molar-refractivity contribution is -0.116. The quantitative estimate of drug-likeness (QED) is 0.530. The predicted octanol–water partition coefficient (Wildman–Crippen LogP) is 3.56. The van der Waals surface area contributed by atoms with Crippen molar-refractivity contribution in [1.82, 2.24) is 14.7 Å².